The summed E-state index contributed by atoms with van der Waals surface area (Å²) in [5, 5.41) is 2.17. The van der Waals surface area contributed by atoms with Gasteiger partial charge in [-0.3, -0.25) is 14.2 Å². The first kappa shape index (κ1) is 20.3. The van der Waals surface area contributed by atoms with Crippen molar-refractivity contribution in [1.82, 2.24) is 9.47 Å². The molecule has 5 nitrogen and oxygen atoms in total. The molecular formula is C26H19Cl2N3O2. The Morgan fingerprint density at radius 2 is 1.70 bits per heavy atom. The number of carbonyl (C=O) groups excluding carboxylic acids is 2. The van der Waals surface area contributed by atoms with Crippen LogP contribution in [0.5, 0.6) is 0 Å². The number of para-hydroxylation sites is 1. The van der Waals surface area contributed by atoms with Gasteiger partial charge in [0.2, 0.25) is 0 Å². The number of hydrogen-bond donors (Lipinski definition) is 0. The van der Waals surface area contributed by atoms with Crippen LogP contribution < -0.4 is 4.90 Å². The molecule has 2 aliphatic rings. The van der Waals surface area contributed by atoms with Crippen LogP contribution in [-0.2, 0) is 6.42 Å². The van der Waals surface area contributed by atoms with Gasteiger partial charge < -0.3 is 9.80 Å². The quantitative estimate of drug-likeness (QED) is 0.350. The normalized spacial score (nSPS) is 17.1. The van der Waals surface area contributed by atoms with E-state index in [9.17, 15) is 9.59 Å². The molecule has 164 valence electrons. The number of aromatic nitrogens is 1. The maximum atomic E-state index is 13.8. The Labute approximate surface area is 200 Å². The summed E-state index contributed by atoms with van der Waals surface area (Å²) >= 11 is 12.3. The number of anilines is 1. The maximum absolute atomic E-state index is 13.8. The van der Waals surface area contributed by atoms with Gasteiger partial charge in [-0.1, -0.05) is 41.4 Å². The summed E-state index contributed by atoms with van der Waals surface area (Å²) in [6.45, 7) is 0.575. The van der Waals surface area contributed by atoms with Crippen LogP contribution in [0.3, 0.4) is 0 Å². The number of amides is 1. The number of fused-ring (bicyclic) bond motifs is 6. The maximum Gasteiger partial charge on any atom is 0.262 e. The first-order valence-corrected chi connectivity index (χ1v) is 11.5. The van der Waals surface area contributed by atoms with E-state index in [1.54, 1.807) is 41.0 Å². The van der Waals surface area contributed by atoms with E-state index < -0.39 is 6.17 Å². The number of rotatable bonds is 1. The molecule has 7 heteroatoms. The minimum Gasteiger partial charge on any atom is -0.349 e. The lowest BCUT2D eigenvalue weighted by Crippen LogP contribution is -2.51. The molecule has 4 aromatic rings. The molecule has 1 aromatic heterocycles. The van der Waals surface area contributed by atoms with E-state index in [1.165, 1.54) is 0 Å². The second-order valence-electron chi connectivity index (χ2n) is 8.42. The minimum atomic E-state index is -0.420. The zero-order valence-corrected chi connectivity index (χ0v) is 19.3. The molecule has 6 rings (SSSR count). The van der Waals surface area contributed by atoms with Gasteiger partial charge in [0, 0.05) is 34.6 Å². The highest BCUT2D eigenvalue weighted by molar-refractivity contribution is 6.31. The molecule has 1 unspecified atom stereocenters. The molecule has 0 aliphatic carbocycles. The van der Waals surface area contributed by atoms with Gasteiger partial charge >= 0.3 is 0 Å². The molecule has 0 saturated heterocycles. The number of halogens is 2. The highest BCUT2D eigenvalue weighted by atomic mass is 35.5. The van der Waals surface area contributed by atoms with Crippen LogP contribution in [0.25, 0.3) is 10.9 Å². The van der Waals surface area contributed by atoms with Crippen LogP contribution >= 0.6 is 23.2 Å². The third-order valence-corrected chi connectivity index (χ3v) is 7.14. The van der Waals surface area contributed by atoms with Crippen LogP contribution in [-0.4, -0.2) is 34.9 Å². The van der Waals surface area contributed by atoms with Crippen LogP contribution in [0.1, 0.15) is 38.1 Å². The molecule has 3 aromatic carbocycles. The van der Waals surface area contributed by atoms with E-state index in [0.29, 0.717) is 34.1 Å². The van der Waals surface area contributed by atoms with Crippen LogP contribution in [0.2, 0.25) is 10.0 Å². The van der Waals surface area contributed by atoms with Gasteiger partial charge in [-0.15, -0.1) is 0 Å². The second-order valence-corrected chi connectivity index (χ2v) is 9.30. The molecule has 0 saturated carbocycles. The molecule has 33 heavy (non-hydrogen) atoms. The molecule has 2 aliphatic heterocycles. The summed E-state index contributed by atoms with van der Waals surface area (Å²) in [5.41, 5.74) is 4.67. The van der Waals surface area contributed by atoms with Crippen LogP contribution in [0.4, 0.5) is 5.69 Å². The Kier molecular flexibility index (Phi) is 4.54. The van der Waals surface area contributed by atoms with Crippen molar-refractivity contribution in [2.45, 2.75) is 12.6 Å². The Morgan fingerprint density at radius 1 is 0.970 bits per heavy atom. The van der Waals surface area contributed by atoms with Crippen molar-refractivity contribution in [1.29, 1.82) is 0 Å². The number of benzene rings is 3. The second kappa shape index (κ2) is 7.37. The summed E-state index contributed by atoms with van der Waals surface area (Å²) in [6, 6.07) is 20.1. The molecule has 1 amide bonds. The van der Waals surface area contributed by atoms with E-state index in [2.05, 4.69) is 0 Å². The van der Waals surface area contributed by atoms with Gasteiger partial charge in [-0.05, 0) is 60.5 Å². The van der Waals surface area contributed by atoms with Crippen molar-refractivity contribution >= 4 is 51.6 Å². The predicted molar refractivity (Wildman–Crippen MR) is 130 cm³/mol. The van der Waals surface area contributed by atoms with Gasteiger partial charge in [0.25, 0.3) is 11.8 Å². The molecule has 0 radical (unpaired) electrons. The summed E-state index contributed by atoms with van der Waals surface area (Å²) in [7, 11) is 1.95. The molecule has 3 heterocycles. The van der Waals surface area contributed by atoms with Gasteiger partial charge in [0.1, 0.15) is 6.17 Å². The van der Waals surface area contributed by atoms with E-state index in [-0.39, 0.29) is 11.8 Å². The van der Waals surface area contributed by atoms with Crippen molar-refractivity contribution in [3.63, 3.8) is 0 Å². The molecule has 0 bridgehead atoms. The monoisotopic (exact) mass is 475 g/mol. The molecule has 1 atom stereocenters. The fourth-order valence-electron chi connectivity index (χ4n) is 5.17. The Hall–Kier alpha value is -3.28. The third-order valence-electron chi connectivity index (χ3n) is 6.65. The first-order chi connectivity index (χ1) is 16.0. The van der Waals surface area contributed by atoms with Gasteiger partial charge in [-0.2, -0.15) is 0 Å². The van der Waals surface area contributed by atoms with Crippen molar-refractivity contribution in [3.05, 3.63) is 99.2 Å². The summed E-state index contributed by atoms with van der Waals surface area (Å²) in [5.74, 6) is -0.199. The summed E-state index contributed by atoms with van der Waals surface area (Å²) < 4.78 is 1.77. The Bertz CT molecular complexity index is 1460. The van der Waals surface area contributed by atoms with E-state index in [0.717, 1.165) is 27.8 Å². The Balaban J connectivity index is 1.61. The highest BCUT2D eigenvalue weighted by Gasteiger charge is 2.43. The van der Waals surface area contributed by atoms with E-state index in [4.69, 9.17) is 23.2 Å². The Morgan fingerprint density at radius 3 is 2.48 bits per heavy atom. The lowest BCUT2D eigenvalue weighted by atomic mass is 9.96. The minimum absolute atomic E-state index is 0.0498. The van der Waals surface area contributed by atoms with Crippen molar-refractivity contribution in [2.24, 2.45) is 0 Å². The van der Waals surface area contributed by atoms with Gasteiger partial charge in [0.05, 0.1) is 22.5 Å². The van der Waals surface area contributed by atoms with Crippen molar-refractivity contribution in [2.75, 3.05) is 18.5 Å². The summed E-state index contributed by atoms with van der Waals surface area (Å²) in [4.78, 5) is 31.2. The van der Waals surface area contributed by atoms with E-state index >= 15 is 0 Å². The lowest BCUT2D eigenvalue weighted by Gasteiger charge is -2.46. The zero-order valence-electron chi connectivity index (χ0n) is 17.8. The van der Waals surface area contributed by atoms with Crippen LogP contribution in [0.15, 0.2) is 66.7 Å². The molecule has 0 fully saturated rings. The predicted octanol–water partition coefficient (Wildman–Crippen LogP) is 5.78. The standard InChI is InChI=1S/C26H19Cl2N3O2/c1-29-22-14-17(28)10-11-20(22)26(33)30-13-12-19-18-4-2-3-5-21(18)31(23(19)24(29)30)25(32)15-6-8-16(27)9-7-15/h2-11,14,24H,12-13H2,1H3. The highest BCUT2D eigenvalue weighted by Crippen LogP contribution is 2.45. The van der Waals surface area contributed by atoms with E-state index in [1.807, 2.05) is 47.2 Å². The molecule has 0 N–H and O–H groups in total. The fourth-order valence-corrected chi connectivity index (χ4v) is 5.46. The third kappa shape index (κ3) is 2.93. The van der Waals surface area contributed by atoms with Crippen molar-refractivity contribution in [3.8, 4) is 0 Å². The molecule has 0 spiro atoms. The average molecular weight is 476 g/mol. The topological polar surface area (TPSA) is 45.6 Å². The van der Waals surface area contributed by atoms with Gasteiger partial charge in [0.15, 0.2) is 0 Å². The SMILES string of the molecule is CN1c2cc(Cl)ccc2C(=O)N2CCc3c(n(C(=O)c4ccc(Cl)cc4)c4ccccc34)C21. The lowest BCUT2D eigenvalue weighted by molar-refractivity contribution is 0.0624. The summed E-state index contributed by atoms with van der Waals surface area (Å²) in [6.07, 6.45) is 0.256. The van der Waals surface area contributed by atoms with Crippen LogP contribution in [0, 0.1) is 0 Å². The first-order valence-electron chi connectivity index (χ1n) is 10.7. The number of nitrogens with zero attached hydrogens (tertiary/aromatic N) is 3. The number of carbonyl (C=O) groups is 2. The van der Waals surface area contributed by atoms with Crippen molar-refractivity contribution < 1.29 is 9.59 Å². The number of hydrogen-bond acceptors (Lipinski definition) is 3. The zero-order chi connectivity index (χ0) is 22.9. The fraction of sp³-hybridized carbons (Fsp3) is 0.154. The largest absolute Gasteiger partial charge is 0.349 e. The average Bonchev–Trinajstić information content (AvgIpc) is 3.16. The molecular weight excluding hydrogens is 457 g/mol. The van der Waals surface area contributed by atoms with Gasteiger partial charge in [-0.25, -0.2) is 0 Å². The smallest absolute Gasteiger partial charge is 0.262 e.